The average Bonchev–Trinajstić information content (AvgIpc) is 2.41. The van der Waals surface area contributed by atoms with Crippen LogP contribution in [0.5, 0.6) is 0 Å². The van der Waals surface area contributed by atoms with Gasteiger partial charge in [0, 0.05) is 18.9 Å². The summed E-state index contributed by atoms with van der Waals surface area (Å²) in [5.74, 6) is -2.12. The van der Waals surface area contributed by atoms with Gasteiger partial charge in [-0.15, -0.1) is 0 Å². The summed E-state index contributed by atoms with van der Waals surface area (Å²) in [5.41, 5.74) is 2.47. The molecule has 1 unspecified atom stereocenters. The molecule has 0 spiro atoms. The van der Waals surface area contributed by atoms with Crippen LogP contribution in [0, 0.1) is 12.8 Å². The van der Waals surface area contributed by atoms with Crippen molar-refractivity contribution >= 4 is 0 Å². The van der Waals surface area contributed by atoms with E-state index in [1.807, 2.05) is 0 Å². The standard InChI is InChI=1S/C17H25F2N/c1-3-11-20-16(15-6-4-5-13(2)12-15)14-7-9-17(18,19)10-8-14/h4-6,12,14,16,20H,3,7-11H2,1-2H3. The van der Waals surface area contributed by atoms with Crippen LogP contribution in [0.4, 0.5) is 8.78 Å². The van der Waals surface area contributed by atoms with Gasteiger partial charge in [0.05, 0.1) is 0 Å². The molecule has 1 saturated carbocycles. The average molecular weight is 281 g/mol. The zero-order valence-electron chi connectivity index (χ0n) is 12.5. The molecule has 1 nitrogen and oxygen atoms in total. The number of alkyl halides is 2. The van der Waals surface area contributed by atoms with Gasteiger partial charge in [0.1, 0.15) is 0 Å². The molecule has 20 heavy (non-hydrogen) atoms. The zero-order valence-corrected chi connectivity index (χ0v) is 12.5. The van der Waals surface area contributed by atoms with Crippen LogP contribution in [0.2, 0.25) is 0 Å². The smallest absolute Gasteiger partial charge is 0.248 e. The fraction of sp³-hybridized carbons (Fsp3) is 0.647. The van der Waals surface area contributed by atoms with Crippen molar-refractivity contribution in [3.63, 3.8) is 0 Å². The van der Waals surface area contributed by atoms with Crippen LogP contribution in [-0.4, -0.2) is 12.5 Å². The summed E-state index contributed by atoms with van der Waals surface area (Å²) in [7, 11) is 0. The Morgan fingerprint density at radius 2 is 2.00 bits per heavy atom. The Hall–Kier alpha value is -0.960. The summed E-state index contributed by atoms with van der Waals surface area (Å²) < 4.78 is 26.7. The number of benzene rings is 1. The zero-order chi connectivity index (χ0) is 14.6. The topological polar surface area (TPSA) is 12.0 Å². The third-order valence-electron chi connectivity index (χ3n) is 4.25. The summed E-state index contributed by atoms with van der Waals surface area (Å²) in [6, 6.07) is 8.65. The molecule has 0 bridgehead atoms. The van der Waals surface area contributed by atoms with Crippen molar-refractivity contribution in [3.05, 3.63) is 35.4 Å². The predicted molar refractivity (Wildman–Crippen MR) is 79.1 cm³/mol. The molecule has 1 aromatic carbocycles. The lowest BCUT2D eigenvalue weighted by atomic mass is 9.79. The number of rotatable bonds is 5. The van der Waals surface area contributed by atoms with E-state index >= 15 is 0 Å². The molecule has 2 rings (SSSR count). The van der Waals surface area contributed by atoms with Crippen LogP contribution >= 0.6 is 0 Å². The number of hydrogen-bond acceptors (Lipinski definition) is 1. The number of halogens is 2. The van der Waals surface area contributed by atoms with Crippen molar-refractivity contribution in [2.75, 3.05) is 6.54 Å². The van der Waals surface area contributed by atoms with E-state index in [0.717, 1.165) is 13.0 Å². The summed E-state index contributed by atoms with van der Waals surface area (Å²) in [5, 5.41) is 3.57. The van der Waals surface area contributed by atoms with Crippen LogP contribution in [0.25, 0.3) is 0 Å². The van der Waals surface area contributed by atoms with Crippen molar-refractivity contribution < 1.29 is 8.78 Å². The summed E-state index contributed by atoms with van der Waals surface area (Å²) in [6.07, 6.45) is 2.36. The maximum atomic E-state index is 13.3. The van der Waals surface area contributed by atoms with Gasteiger partial charge in [-0.05, 0) is 44.2 Å². The molecule has 0 saturated heterocycles. The van der Waals surface area contributed by atoms with Crippen LogP contribution in [-0.2, 0) is 0 Å². The van der Waals surface area contributed by atoms with Crippen molar-refractivity contribution in [2.24, 2.45) is 5.92 Å². The Balaban J connectivity index is 2.11. The maximum Gasteiger partial charge on any atom is 0.248 e. The van der Waals surface area contributed by atoms with Gasteiger partial charge in [-0.3, -0.25) is 0 Å². The Labute approximate surface area is 120 Å². The lowest BCUT2D eigenvalue weighted by Gasteiger charge is -2.34. The third kappa shape index (κ3) is 4.02. The molecule has 1 N–H and O–H groups in total. The lowest BCUT2D eigenvalue weighted by Crippen LogP contribution is -2.34. The first-order valence-corrected chi connectivity index (χ1v) is 7.69. The van der Waals surface area contributed by atoms with Gasteiger partial charge in [0.15, 0.2) is 0 Å². The van der Waals surface area contributed by atoms with Gasteiger partial charge in [0.2, 0.25) is 5.92 Å². The molecular formula is C17H25F2N. The number of hydrogen-bond donors (Lipinski definition) is 1. The molecule has 1 aliphatic rings. The summed E-state index contributed by atoms with van der Waals surface area (Å²) in [6.45, 7) is 5.15. The lowest BCUT2D eigenvalue weighted by molar-refractivity contribution is -0.0497. The maximum absolute atomic E-state index is 13.3. The van der Waals surface area contributed by atoms with Gasteiger partial charge in [-0.2, -0.15) is 0 Å². The highest BCUT2D eigenvalue weighted by Gasteiger charge is 2.37. The van der Waals surface area contributed by atoms with Crippen LogP contribution in [0.15, 0.2) is 24.3 Å². The predicted octanol–water partition coefficient (Wildman–Crippen LogP) is 4.86. The molecule has 112 valence electrons. The second-order valence-electron chi connectivity index (χ2n) is 6.04. The van der Waals surface area contributed by atoms with Crippen LogP contribution < -0.4 is 5.32 Å². The first kappa shape index (κ1) is 15.4. The molecule has 1 atom stereocenters. The molecule has 0 heterocycles. The molecule has 0 amide bonds. The molecule has 0 aliphatic heterocycles. The Morgan fingerprint density at radius 1 is 1.30 bits per heavy atom. The second kappa shape index (κ2) is 6.66. The molecule has 3 heteroatoms. The molecule has 1 fully saturated rings. The Bertz CT molecular complexity index is 421. The minimum Gasteiger partial charge on any atom is -0.310 e. The monoisotopic (exact) mass is 281 g/mol. The molecule has 1 aromatic rings. The van der Waals surface area contributed by atoms with E-state index in [4.69, 9.17) is 0 Å². The van der Waals surface area contributed by atoms with Crippen LogP contribution in [0.1, 0.15) is 56.2 Å². The largest absolute Gasteiger partial charge is 0.310 e. The van der Waals surface area contributed by atoms with Crippen LogP contribution in [0.3, 0.4) is 0 Å². The van der Waals surface area contributed by atoms with Gasteiger partial charge in [0.25, 0.3) is 0 Å². The number of aryl methyl sites for hydroxylation is 1. The van der Waals surface area contributed by atoms with E-state index < -0.39 is 5.92 Å². The SMILES string of the molecule is CCCNC(c1cccc(C)c1)C1CCC(F)(F)CC1. The number of nitrogens with one attached hydrogen (secondary N) is 1. The highest BCUT2D eigenvalue weighted by atomic mass is 19.3. The molecule has 1 aliphatic carbocycles. The van der Waals surface area contributed by atoms with Crippen molar-refractivity contribution in [3.8, 4) is 0 Å². The van der Waals surface area contributed by atoms with Gasteiger partial charge in [-0.1, -0.05) is 36.8 Å². The first-order valence-electron chi connectivity index (χ1n) is 7.69. The molecule has 0 aromatic heterocycles. The van der Waals surface area contributed by atoms with E-state index in [9.17, 15) is 8.78 Å². The Kier molecular flexibility index (Phi) is 5.14. The van der Waals surface area contributed by atoms with Crippen molar-refractivity contribution in [1.82, 2.24) is 5.32 Å². The normalized spacial score (nSPS) is 20.8. The fourth-order valence-corrected chi connectivity index (χ4v) is 3.12. The summed E-state index contributed by atoms with van der Waals surface area (Å²) >= 11 is 0. The Morgan fingerprint density at radius 3 is 2.60 bits per heavy atom. The third-order valence-corrected chi connectivity index (χ3v) is 4.25. The minimum atomic E-state index is -2.45. The highest BCUT2D eigenvalue weighted by molar-refractivity contribution is 5.25. The van der Waals surface area contributed by atoms with Crippen molar-refractivity contribution in [1.29, 1.82) is 0 Å². The summed E-state index contributed by atoms with van der Waals surface area (Å²) in [4.78, 5) is 0. The molecule has 0 radical (unpaired) electrons. The van der Waals surface area contributed by atoms with E-state index in [1.54, 1.807) is 0 Å². The minimum absolute atomic E-state index is 0.0355. The van der Waals surface area contributed by atoms with E-state index in [1.165, 1.54) is 11.1 Å². The van der Waals surface area contributed by atoms with E-state index in [2.05, 4.69) is 43.4 Å². The van der Waals surface area contributed by atoms with Gasteiger partial charge < -0.3 is 5.32 Å². The second-order valence-corrected chi connectivity index (χ2v) is 6.04. The van der Waals surface area contributed by atoms with Gasteiger partial charge >= 0.3 is 0 Å². The molecular weight excluding hydrogens is 256 g/mol. The first-order chi connectivity index (χ1) is 9.52. The van der Waals surface area contributed by atoms with Crippen molar-refractivity contribution in [2.45, 2.75) is 57.9 Å². The van der Waals surface area contributed by atoms with E-state index in [-0.39, 0.29) is 18.9 Å². The quantitative estimate of drug-likeness (QED) is 0.812. The van der Waals surface area contributed by atoms with E-state index in [0.29, 0.717) is 18.8 Å². The fourth-order valence-electron chi connectivity index (χ4n) is 3.12. The highest BCUT2D eigenvalue weighted by Crippen LogP contribution is 2.41. The van der Waals surface area contributed by atoms with Gasteiger partial charge in [-0.25, -0.2) is 8.78 Å².